The quantitative estimate of drug-likeness (QED) is 0.550. The van der Waals surface area contributed by atoms with Gasteiger partial charge in [-0.15, -0.1) is 0 Å². The summed E-state index contributed by atoms with van der Waals surface area (Å²) in [5, 5.41) is 24.0. The number of rotatable bonds is 3. The average Bonchev–Trinajstić information content (AvgIpc) is 3.11. The molecule has 0 unspecified atom stereocenters. The molecule has 0 fully saturated rings. The number of hydrogen-bond acceptors (Lipinski definition) is 5. The second kappa shape index (κ2) is 6.56. The Balaban J connectivity index is 1.74. The minimum Gasteiger partial charge on any atom is -0.507 e. The van der Waals surface area contributed by atoms with Crippen molar-refractivity contribution in [2.24, 2.45) is 0 Å². The smallest absolute Gasteiger partial charge is 0.199 e. The first-order chi connectivity index (χ1) is 13.0. The second-order valence-electron chi connectivity index (χ2n) is 5.85. The number of hydrogen-bond donors (Lipinski definition) is 1. The molecule has 0 radical (unpaired) electrons. The van der Waals surface area contributed by atoms with Gasteiger partial charge in [0.05, 0.1) is 28.5 Å². The van der Waals surface area contributed by atoms with Crippen molar-refractivity contribution in [2.45, 2.75) is 0 Å². The molecule has 0 bridgehead atoms. The number of aromatic hydroxyl groups is 1. The van der Waals surface area contributed by atoms with Gasteiger partial charge < -0.3 is 5.11 Å². The fourth-order valence-corrected chi connectivity index (χ4v) is 2.82. The van der Waals surface area contributed by atoms with E-state index in [1.807, 2.05) is 18.2 Å². The summed E-state index contributed by atoms with van der Waals surface area (Å²) in [6.07, 6.45) is 2.96. The van der Waals surface area contributed by atoms with Crippen molar-refractivity contribution in [2.75, 3.05) is 0 Å². The van der Waals surface area contributed by atoms with Crippen LogP contribution in [0.2, 0.25) is 5.02 Å². The van der Waals surface area contributed by atoms with Crippen molar-refractivity contribution in [1.29, 1.82) is 5.26 Å². The summed E-state index contributed by atoms with van der Waals surface area (Å²) in [6.45, 7) is 0. The first-order valence-corrected chi connectivity index (χ1v) is 8.32. The third-order valence-corrected chi connectivity index (χ3v) is 4.34. The van der Waals surface area contributed by atoms with Crippen LogP contribution in [0.5, 0.6) is 5.75 Å². The van der Waals surface area contributed by atoms with E-state index in [9.17, 15) is 9.90 Å². The lowest BCUT2D eigenvalue weighted by atomic mass is 10.0. The van der Waals surface area contributed by atoms with E-state index in [1.54, 1.807) is 24.4 Å². The molecule has 0 saturated carbocycles. The van der Waals surface area contributed by atoms with Crippen molar-refractivity contribution < 1.29 is 9.90 Å². The van der Waals surface area contributed by atoms with Crippen LogP contribution in [0.25, 0.3) is 16.9 Å². The molecule has 0 aliphatic rings. The maximum Gasteiger partial charge on any atom is 0.199 e. The number of phenolic OH excluding ortho intramolecular Hbond substituents is 1. The Hall–Kier alpha value is -3.69. The van der Waals surface area contributed by atoms with Gasteiger partial charge in [-0.2, -0.15) is 10.4 Å². The lowest BCUT2D eigenvalue weighted by Crippen LogP contribution is -2.05. The lowest BCUT2D eigenvalue weighted by molar-refractivity contribution is 0.103. The molecule has 2 aromatic heterocycles. The number of aromatic nitrogens is 3. The molecule has 0 atom stereocenters. The average molecular weight is 375 g/mol. The summed E-state index contributed by atoms with van der Waals surface area (Å²) in [7, 11) is 0. The van der Waals surface area contributed by atoms with E-state index in [2.05, 4.69) is 10.1 Å². The molecular weight excluding hydrogens is 364 g/mol. The molecule has 6 nitrogen and oxygen atoms in total. The van der Waals surface area contributed by atoms with Crippen molar-refractivity contribution in [3.63, 3.8) is 0 Å². The van der Waals surface area contributed by atoms with Crippen LogP contribution in [0.15, 0.2) is 60.9 Å². The number of benzene rings is 2. The highest BCUT2D eigenvalue weighted by atomic mass is 35.5. The maximum absolute atomic E-state index is 12.7. The summed E-state index contributed by atoms with van der Waals surface area (Å²) in [4.78, 5) is 17.0. The topological polar surface area (TPSA) is 91.3 Å². The molecule has 0 aliphatic carbocycles. The number of fused-ring (bicyclic) bond motifs is 1. The highest BCUT2D eigenvalue weighted by Crippen LogP contribution is 2.24. The third kappa shape index (κ3) is 3.12. The number of carbonyl (C=O) groups excluding carboxylic acids is 1. The van der Waals surface area contributed by atoms with Gasteiger partial charge >= 0.3 is 0 Å². The summed E-state index contributed by atoms with van der Waals surface area (Å²) in [5.41, 5.74) is 2.72. The fourth-order valence-electron chi connectivity index (χ4n) is 2.70. The molecule has 0 aliphatic heterocycles. The van der Waals surface area contributed by atoms with E-state index in [0.717, 1.165) is 5.56 Å². The standard InChI is InChI=1S/C20H11ClN4O2/c21-15-4-2-13(3-5-15)17-8-19-23-10-14(11-25(19)24-17)20(27)16-7-12(9-22)1-6-18(16)26/h1-8,10-11,26H. The molecule has 27 heavy (non-hydrogen) atoms. The van der Waals surface area contributed by atoms with Crippen LogP contribution < -0.4 is 0 Å². The van der Waals surface area contributed by atoms with Crippen molar-refractivity contribution in [3.8, 4) is 23.1 Å². The van der Waals surface area contributed by atoms with Gasteiger partial charge in [-0.1, -0.05) is 23.7 Å². The van der Waals surface area contributed by atoms with Crippen LogP contribution in [-0.2, 0) is 0 Å². The third-order valence-electron chi connectivity index (χ3n) is 4.09. The highest BCUT2D eigenvalue weighted by molar-refractivity contribution is 6.30. The van der Waals surface area contributed by atoms with E-state index in [4.69, 9.17) is 16.9 Å². The summed E-state index contributed by atoms with van der Waals surface area (Å²) >= 11 is 5.91. The van der Waals surface area contributed by atoms with Gasteiger partial charge in [0, 0.05) is 29.0 Å². The van der Waals surface area contributed by atoms with E-state index in [-0.39, 0.29) is 22.4 Å². The van der Waals surface area contributed by atoms with Crippen LogP contribution in [-0.4, -0.2) is 25.5 Å². The Morgan fingerprint density at radius 2 is 1.93 bits per heavy atom. The molecule has 0 spiro atoms. The van der Waals surface area contributed by atoms with Gasteiger partial charge in [-0.05, 0) is 30.3 Å². The fraction of sp³-hybridized carbons (Fsp3) is 0. The van der Waals surface area contributed by atoms with Crippen molar-refractivity contribution in [1.82, 2.24) is 14.6 Å². The predicted molar refractivity (Wildman–Crippen MR) is 99.7 cm³/mol. The van der Waals surface area contributed by atoms with Gasteiger partial charge in [-0.3, -0.25) is 4.79 Å². The second-order valence-corrected chi connectivity index (χ2v) is 6.29. The Morgan fingerprint density at radius 1 is 1.15 bits per heavy atom. The molecule has 4 aromatic rings. The van der Waals surface area contributed by atoms with Crippen LogP contribution >= 0.6 is 11.6 Å². The Kier molecular flexibility index (Phi) is 4.07. The zero-order valence-electron chi connectivity index (χ0n) is 13.8. The number of nitriles is 1. The SMILES string of the molecule is N#Cc1ccc(O)c(C(=O)c2cnc3cc(-c4ccc(Cl)cc4)nn3c2)c1. The summed E-state index contributed by atoms with van der Waals surface area (Å²) in [5.74, 6) is -0.635. The Morgan fingerprint density at radius 3 is 2.67 bits per heavy atom. The van der Waals surface area contributed by atoms with Crippen LogP contribution in [0.1, 0.15) is 21.5 Å². The summed E-state index contributed by atoms with van der Waals surface area (Å²) in [6, 6.07) is 15.1. The molecule has 2 heterocycles. The van der Waals surface area contributed by atoms with E-state index in [0.29, 0.717) is 16.4 Å². The van der Waals surface area contributed by atoms with Gasteiger partial charge in [0.1, 0.15) is 5.75 Å². The molecule has 0 saturated heterocycles. The zero-order chi connectivity index (χ0) is 19.0. The van der Waals surface area contributed by atoms with Crippen LogP contribution in [0, 0.1) is 11.3 Å². The molecule has 1 N–H and O–H groups in total. The Labute approximate surface area is 158 Å². The predicted octanol–water partition coefficient (Wildman–Crippen LogP) is 3.86. The lowest BCUT2D eigenvalue weighted by Gasteiger charge is -2.04. The first kappa shape index (κ1) is 16.8. The van der Waals surface area contributed by atoms with Crippen molar-refractivity contribution in [3.05, 3.63) is 82.6 Å². The monoisotopic (exact) mass is 374 g/mol. The van der Waals surface area contributed by atoms with E-state index >= 15 is 0 Å². The number of nitrogens with zero attached hydrogens (tertiary/aromatic N) is 4. The molecular formula is C20H11ClN4O2. The van der Waals surface area contributed by atoms with Crippen LogP contribution in [0.3, 0.4) is 0 Å². The zero-order valence-corrected chi connectivity index (χ0v) is 14.6. The largest absolute Gasteiger partial charge is 0.507 e. The number of carbonyl (C=O) groups is 1. The first-order valence-electron chi connectivity index (χ1n) is 7.94. The Bertz CT molecular complexity index is 1220. The van der Waals surface area contributed by atoms with Gasteiger partial charge in [0.25, 0.3) is 0 Å². The molecule has 7 heteroatoms. The minimum atomic E-state index is -0.442. The van der Waals surface area contributed by atoms with E-state index in [1.165, 1.54) is 28.9 Å². The normalized spacial score (nSPS) is 10.7. The van der Waals surface area contributed by atoms with Crippen LogP contribution in [0.4, 0.5) is 0 Å². The van der Waals surface area contributed by atoms with Gasteiger partial charge in [0.2, 0.25) is 0 Å². The van der Waals surface area contributed by atoms with Gasteiger partial charge in [0.15, 0.2) is 11.4 Å². The van der Waals surface area contributed by atoms with Crippen molar-refractivity contribution >= 4 is 23.0 Å². The van der Waals surface area contributed by atoms with Gasteiger partial charge in [-0.25, -0.2) is 9.50 Å². The molecule has 0 amide bonds. The summed E-state index contributed by atoms with van der Waals surface area (Å²) < 4.78 is 1.50. The van der Waals surface area contributed by atoms with E-state index < -0.39 is 5.78 Å². The minimum absolute atomic E-state index is 0.0419. The molecule has 4 rings (SSSR count). The highest BCUT2D eigenvalue weighted by Gasteiger charge is 2.16. The molecule has 2 aromatic carbocycles. The number of ketones is 1. The number of phenols is 1. The number of halogens is 1. The maximum atomic E-state index is 12.7. The molecule has 130 valence electrons.